The normalized spacial score (nSPS) is 15.2. The number of likely N-dealkylation sites (tertiary alicyclic amines) is 1. The van der Waals surface area contributed by atoms with Gasteiger partial charge in [-0.25, -0.2) is 4.98 Å². The first-order chi connectivity index (χ1) is 17.1. The van der Waals surface area contributed by atoms with Crippen LogP contribution in [0.15, 0.2) is 77.5 Å². The summed E-state index contributed by atoms with van der Waals surface area (Å²) in [7, 11) is 0. The highest BCUT2D eigenvalue weighted by Gasteiger charge is 2.30. The van der Waals surface area contributed by atoms with Crippen LogP contribution in [0.5, 0.6) is 0 Å². The quantitative estimate of drug-likeness (QED) is 0.443. The molecule has 4 aromatic rings. The van der Waals surface area contributed by atoms with Crippen LogP contribution in [0.4, 0.5) is 0 Å². The molecular formula is C28H28N4O3. The van der Waals surface area contributed by atoms with Crippen molar-refractivity contribution >= 4 is 22.9 Å². The van der Waals surface area contributed by atoms with Gasteiger partial charge in [0.25, 0.3) is 5.91 Å². The van der Waals surface area contributed by atoms with Crippen LogP contribution in [-0.4, -0.2) is 39.8 Å². The van der Waals surface area contributed by atoms with Crippen LogP contribution in [0, 0.1) is 11.8 Å². The first kappa shape index (κ1) is 22.8. The summed E-state index contributed by atoms with van der Waals surface area (Å²) in [6.45, 7) is 3.72. The summed E-state index contributed by atoms with van der Waals surface area (Å²) in [6.07, 6.45) is 5.08. The predicted octanol–water partition coefficient (Wildman–Crippen LogP) is 4.69. The van der Waals surface area contributed by atoms with Crippen LogP contribution >= 0.6 is 0 Å². The molecule has 1 atom stereocenters. The molecular weight excluding hydrogens is 440 g/mol. The predicted molar refractivity (Wildman–Crippen MR) is 133 cm³/mol. The van der Waals surface area contributed by atoms with Gasteiger partial charge in [-0.3, -0.25) is 14.6 Å². The van der Waals surface area contributed by atoms with E-state index in [4.69, 9.17) is 4.42 Å². The van der Waals surface area contributed by atoms with Gasteiger partial charge in [-0.1, -0.05) is 31.2 Å². The maximum Gasteiger partial charge on any atom is 0.253 e. The van der Waals surface area contributed by atoms with E-state index < -0.39 is 0 Å². The highest BCUT2D eigenvalue weighted by atomic mass is 16.3. The van der Waals surface area contributed by atoms with E-state index >= 15 is 0 Å². The molecule has 1 aliphatic heterocycles. The Hall–Kier alpha value is -4.00. The number of oxazole rings is 1. The molecule has 7 nitrogen and oxygen atoms in total. The number of pyridine rings is 1. The Morgan fingerprint density at radius 1 is 1.09 bits per heavy atom. The molecule has 0 bridgehead atoms. The number of amides is 2. The smallest absolute Gasteiger partial charge is 0.253 e. The van der Waals surface area contributed by atoms with E-state index in [1.54, 1.807) is 24.5 Å². The van der Waals surface area contributed by atoms with Gasteiger partial charge in [-0.2, -0.15) is 0 Å². The molecule has 0 saturated carbocycles. The van der Waals surface area contributed by atoms with Gasteiger partial charge >= 0.3 is 0 Å². The van der Waals surface area contributed by atoms with E-state index in [1.165, 1.54) is 0 Å². The van der Waals surface area contributed by atoms with E-state index in [2.05, 4.69) is 15.3 Å². The molecule has 3 heterocycles. The summed E-state index contributed by atoms with van der Waals surface area (Å²) >= 11 is 0. The van der Waals surface area contributed by atoms with E-state index in [0.29, 0.717) is 42.2 Å². The topological polar surface area (TPSA) is 88.3 Å². The lowest BCUT2D eigenvalue weighted by molar-refractivity contribution is -0.126. The van der Waals surface area contributed by atoms with Gasteiger partial charge in [0.2, 0.25) is 11.8 Å². The van der Waals surface area contributed by atoms with Crippen molar-refractivity contribution in [2.24, 2.45) is 11.8 Å². The highest BCUT2D eigenvalue weighted by Crippen LogP contribution is 2.28. The molecule has 0 spiro atoms. The third kappa shape index (κ3) is 5.09. The summed E-state index contributed by atoms with van der Waals surface area (Å²) in [5.41, 5.74) is 3.81. The number of carbonyl (C=O) groups excluding carboxylic acids is 2. The van der Waals surface area contributed by atoms with Crippen LogP contribution in [0.1, 0.15) is 35.7 Å². The standard InChI is InChI=1S/C28H28N4O3/c1-19(26(33)30-18-20-6-5-13-29-17-20)21-11-14-32(15-12-21)28(34)23-9-10-25-24(16-23)31-27(35-25)22-7-3-2-4-8-22/h2-10,13,16-17,19,21H,11-12,14-15,18H2,1H3,(H,30,33). The fourth-order valence-electron chi connectivity index (χ4n) is 4.62. The van der Waals surface area contributed by atoms with Gasteiger partial charge in [0.15, 0.2) is 5.58 Å². The zero-order valence-corrected chi connectivity index (χ0v) is 19.7. The van der Waals surface area contributed by atoms with Crippen LogP contribution in [0.3, 0.4) is 0 Å². The van der Waals surface area contributed by atoms with E-state index in [-0.39, 0.29) is 23.7 Å². The molecule has 1 saturated heterocycles. The number of aromatic nitrogens is 2. The van der Waals surface area contributed by atoms with Crippen LogP contribution in [0.25, 0.3) is 22.6 Å². The molecule has 2 aromatic carbocycles. The Bertz CT molecular complexity index is 1310. The Kier molecular flexibility index (Phi) is 6.57. The van der Waals surface area contributed by atoms with Crippen LogP contribution in [-0.2, 0) is 11.3 Å². The van der Waals surface area contributed by atoms with Gasteiger partial charge in [0, 0.05) is 49.1 Å². The summed E-state index contributed by atoms with van der Waals surface area (Å²) in [5.74, 6) is 0.723. The molecule has 7 heteroatoms. The maximum atomic E-state index is 13.2. The Morgan fingerprint density at radius 2 is 1.89 bits per heavy atom. The van der Waals surface area contributed by atoms with Gasteiger partial charge in [0.05, 0.1) is 0 Å². The van der Waals surface area contributed by atoms with Crippen molar-refractivity contribution in [1.82, 2.24) is 20.2 Å². The minimum atomic E-state index is -0.105. The molecule has 0 aliphatic carbocycles. The summed E-state index contributed by atoms with van der Waals surface area (Å²) in [5, 5.41) is 3.01. The lowest BCUT2D eigenvalue weighted by Gasteiger charge is -2.34. The molecule has 5 rings (SSSR count). The van der Waals surface area contributed by atoms with Crippen molar-refractivity contribution in [3.8, 4) is 11.5 Å². The SMILES string of the molecule is CC(C(=O)NCc1cccnc1)C1CCN(C(=O)c2ccc3oc(-c4ccccc4)nc3c2)CC1. The van der Waals surface area contributed by atoms with Gasteiger partial charge < -0.3 is 14.6 Å². The molecule has 1 aliphatic rings. The number of rotatable bonds is 6. The number of carbonyl (C=O) groups is 2. The molecule has 1 fully saturated rings. The minimum absolute atomic E-state index is 0.0108. The Labute approximate surface area is 204 Å². The number of hydrogen-bond acceptors (Lipinski definition) is 5. The van der Waals surface area contributed by atoms with Gasteiger partial charge in [0.1, 0.15) is 5.52 Å². The molecule has 178 valence electrons. The Balaban J connectivity index is 1.18. The van der Waals surface area contributed by atoms with Crippen molar-refractivity contribution in [3.05, 3.63) is 84.2 Å². The average Bonchev–Trinajstić information content (AvgIpc) is 3.36. The molecule has 2 amide bonds. The third-order valence-electron chi connectivity index (χ3n) is 6.79. The molecule has 1 N–H and O–H groups in total. The number of fused-ring (bicyclic) bond motifs is 1. The molecule has 2 aromatic heterocycles. The van der Waals surface area contributed by atoms with Crippen LogP contribution < -0.4 is 5.32 Å². The average molecular weight is 469 g/mol. The number of piperidine rings is 1. The van der Waals surface area contributed by atoms with Crippen molar-refractivity contribution in [3.63, 3.8) is 0 Å². The van der Waals surface area contributed by atoms with Crippen molar-refractivity contribution in [2.75, 3.05) is 13.1 Å². The van der Waals surface area contributed by atoms with Crippen molar-refractivity contribution in [2.45, 2.75) is 26.3 Å². The number of nitrogens with zero attached hydrogens (tertiary/aromatic N) is 3. The van der Waals surface area contributed by atoms with E-state index in [9.17, 15) is 9.59 Å². The van der Waals surface area contributed by atoms with E-state index in [1.807, 2.05) is 60.4 Å². The second-order valence-electron chi connectivity index (χ2n) is 9.06. The fourth-order valence-corrected chi connectivity index (χ4v) is 4.62. The molecule has 0 radical (unpaired) electrons. The Morgan fingerprint density at radius 3 is 2.63 bits per heavy atom. The second kappa shape index (κ2) is 10.1. The minimum Gasteiger partial charge on any atom is -0.436 e. The van der Waals surface area contributed by atoms with E-state index in [0.717, 1.165) is 24.0 Å². The van der Waals surface area contributed by atoms with Crippen molar-refractivity contribution < 1.29 is 14.0 Å². The fraction of sp³-hybridized carbons (Fsp3) is 0.286. The third-order valence-corrected chi connectivity index (χ3v) is 6.79. The largest absolute Gasteiger partial charge is 0.436 e. The summed E-state index contributed by atoms with van der Waals surface area (Å²) < 4.78 is 5.87. The highest BCUT2D eigenvalue weighted by molar-refractivity contribution is 5.97. The number of hydrogen-bond donors (Lipinski definition) is 1. The number of benzene rings is 2. The first-order valence-electron chi connectivity index (χ1n) is 12.0. The monoisotopic (exact) mass is 468 g/mol. The maximum absolute atomic E-state index is 13.2. The lowest BCUT2D eigenvalue weighted by Crippen LogP contribution is -2.42. The molecule has 1 unspecified atom stereocenters. The molecule has 35 heavy (non-hydrogen) atoms. The lowest BCUT2D eigenvalue weighted by atomic mass is 9.84. The van der Waals surface area contributed by atoms with Crippen molar-refractivity contribution in [1.29, 1.82) is 0 Å². The van der Waals surface area contributed by atoms with Crippen LogP contribution in [0.2, 0.25) is 0 Å². The van der Waals surface area contributed by atoms with Gasteiger partial charge in [-0.05, 0) is 60.7 Å². The van der Waals surface area contributed by atoms with Gasteiger partial charge in [-0.15, -0.1) is 0 Å². The second-order valence-corrected chi connectivity index (χ2v) is 9.06. The summed E-state index contributed by atoms with van der Waals surface area (Å²) in [4.78, 5) is 36.4. The first-order valence-corrected chi connectivity index (χ1v) is 12.0. The zero-order chi connectivity index (χ0) is 24.2. The zero-order valence-electron chi connectivity index (χ0n) is 19.7. The number of nitrogens with one attached hydrogen (secondary N) is 1. The summed E-state index contributed by atoms with van der Waals surface area (Å²) in [6, 6.07) is 18.9.